The smallest absolute Gasteiger partial charge is 0.344 e. The summed E-state index contributed by atoms with van der Waals surface area (Å²) in [6.45, 7) is 2.65. The van der Waals surface area contributed by atoms with Gasteiger partial charge in [0.1, 0.15) is 5.75 Å². The van der Waals surface area contributed by atoms with Gasteiger partial charge in [-0.3, -0.25) is 9.59 Å². The molecule has 1 aromatic rings. The van der Waals surface area contributed by atoms with Gasteiger partial charge in [0, 0.05) is 11.6 Å². The number of benzene rings is 1. The lowest BCUT2D eigenvalue weighted by Gasteiger charge is -2.13. The number of ether oxygens (including phenoxy) is 2. The van der Waals surface area contributed by atoms with Gasteiger partial charge in [0.25, 0.3) is 5.91 Å². The van der Waals surface area contributed by atoms with E-state index in [1.807, 2.05) is 0 Å². The van der Waals surface area contributed by atoms with E-state index in [0.717, 1.165) is 12.8 Å². The maximum atomic E-state index is 11.7. The van der Waals surface area contributed by atoms with Crippen molar-refractivity contribution in [3.05, 3.63) is 29.8 Å². The van der Waals surface area contributed by atoms with Gasteiger partial charge >= 0.3 is 5.97 Å². The molecule has 0 heterocycles. The standard InChI is InChI=1S/C16H19NO5/c1-10(18)12-4-3-5-14(8-12)21-9-15(19)22-11(2)16(20)17-13-6-7-13/h3-5,8,11,13H,6-7,9H2,1-2H3,(H,17,20)/t11-/m0/s1. The second-order valence-corrected chi connectivity index (χ2v) is 5.29. The Morgan fingerprint density at radius 1 is 1.32 bits per heavy atom. The minimum atomic E-state index is -0.847. The van der Waals surface area contributed by atoms with Crippen LogP contribution in [0.15, 0.2) is 24.3 Å². The van der Waals surface area contributed by atoms with Crippen molar-refractivity contribution in [1.29, 1.82) is 0 Å². The molecule has 0 bridgehead atoms. The number of ketones is 1. The first kappa shape index (κ1) is 16.0. The summed E-state index contributed by atoms with van der Waals surface area (Å²) in [6.07, 6.45) is 1.10. The van der Waals surface area contributed by atoms with E-state index in [1.165, 1.54) is 13.8 Å². The van der Waals surface area contributed by atoms with Crippen LogP contribution in [0.1, 0.15) is 37.0 Å². The Kier molecular flexibility index (Phi) is 5.14. The Hall–Kier alpha value is -2.37. The molecule has 1 atom stereocenters. The van der Waals surface area contributed by atoms with Gasteiger partial charge in [-0.1, -0.05) is 12.1 Å². The lowest BCUT2D eigenvalue weighted by atomic mass is 10.1. The highest BCUT2D eigenvalue weighted by atomic mass is 16.6. The second-order valence-electron chi connectivity index (χ2n) is 5.29. The van der Waals surface area contributed by atoms with E-state index in [0.29, 0.717) is 11.3 Å². The zero-order valence-corrected chi connectivity index (χ0v) is 12.6. The minimum absolute atomic E-state index is 0.0848. The zero-order chi connectivity index (χ0) is 16.1. The Morgan fingerprint density at radius 3 is 2.68 bits per heavy atom. The van der Waals surface area contributed by atoms with E-state index in [4.69, 9.17) is 9.47 Å². The molecule has 2 rings (SSSR count). The van der Waals surface area contributed by atoms with Crippen LogP contribution in [0.3, 0.4) is 0 Å². The fourth-order valence-electron chi connectivity index (χ4n) is 1.78. The zero-order valence-electron chi connectivity index (χ0n) is 12.6. The van der Waals surface area contributed by atoms with Gasteiger partial charge in [0.05, 0.1) is 0 Å². The van der Waals surface area contributed by atoms with Crippen LogP contribution in [0.25, 0.3) is 0 Å². The molecule has 0 radical (unpaired) electrons. The maximum absolute atomic E-state index is 11.7. The van der Waals surface area contributed by atoms with Crippen LogP contribution in [0.2, 0.25) is 0 Å². The van der Waals surface area contributed by atoms with E-state index in [2.05, 4.69) is 5.32 Å². The number of hydrogen-bond donors (Lipinski definition) is 1. The number of carbonyl (C=O) groups excluding carboxylic acids is 3. The highest BCUT2D eigenvalue weighted by Gasteiger charge is 2.27. The predicted molar refractivity (Wildman–Crippen MR) is 78.7 cm³/mol. The molecule has 0 saturated heterocycles. The van der Waals surface area contributed by atoms with Crippen molar-refractivity contribution in [1.82, 2.24) is 5.32 Å². The molecule has 22 heavy (non-hydrogen) atoms. The number of carbonyl (C=O) groups is 3. The molecule has 1 aliphatic rings. The van der Waals surface area contributed by atoms with E-state index in [9.17, 15) is 14.4 Å². The average molecular weight is 305 g/mol. The number of hydrogen-bond acceptors (Lipinski definition) is 5. The van der Waals surface area contributed by atoms with Crippen LogP contribution in [-0.4, -0.2) is 36.4 Å². The molecule has 1 aliphatic carbocycles. The third kappa shape index (κ3) is 4.87. The summed E-state index contributed by atoms with van der Waals surface area (Å²) in [5, 5.41) is 2.76. The molecule has 118 valence electrons. The first-order chi connectivity index (χ1) is 10.5. The number of amides is 1. The molecular weight excluding hydrogens is 286 g/mol. The van der Waals surface area contributed by atoms with Crippen LogP contribution in [-0.2, 0) is 14.3 Å². The summed E-state index contributed by atoms with van der Waals surface area (Å²) < 4.78 is 10.3. The predicted octanol–water partition coefficient (Wildman–Crippen LogP) is 1.48. The van der Waals surface area contributed by atoms with E-state index < -0.39 is 12.1 Å². The van der Waals surface area contributed by atoms with Crippen molar-refractivity contribution in [3.63, 3.8) is 0 Å². The molecule has 0 aliphatic heterocycles. The molecule has 0 unspecified atom stereocenters. The first-order valence-corrected chi connectivity index (χ1v) is 7.19. The van der Waals surface area contributed by atoms with Crippen molar-refractivity contribution >= 4 is 17.7 Å². The topological polar surface area (TPSA) is 81.7 Å². The molecular formula is C16H19NO5. The third-order valence-electron chi connectivity index (χ3n) is 3.20. The normalized spacial score (nSPS) is 14.8. The summed E-state index contributed by atoms with van der Waals surface area (Å²) >= 11 is 0. The van der Waals surface area contributed by atoms with Crippen molar-refractivity contribution in [3.8, 4) is 5.75 Å². The Bertz CT molecular complexity index is 580. The molecule has 1 saturated carbocycles. The molecule has 6 heteroatoms. The Morgan fingerprint density at radius 2 is 2.05 bits per heavy atom. The van der Waals surface area contributed by atoms with E-state index >= 15 is 0 Å². The lowest BCUT2D eigenvalue weighted by Crippen LogP contribution is -2.37. The summed E-state index contributed by atoms with van der Waals surface area (Å²) in [4.78, 5) is 34.6. The SMILES string of the molecule is CC(=O)c1cccc(OCC(=O)O[C@@H](C)C(=O)NC2CC2)c1. The molecule has 1 aromatic carbocycles. The number of rotatable bonds is 7. The van der Waals surface area contributed by atoms with Crippen molar-refractivity contribution < 1.29 is 23.9 Å². The second kappa shape index (κ2) is 7.06. The van der Waals surface area contributed by atoms with Crippen LogP contribution in [0.5, 0.6) is 5.75 Å². The molecule has 0 aromatic heterocycles. The van der Waals surface area contributed by atoms with Gasteiger partial charge in [-0.05, 0) is 38.8 Å². The largest absolute Gasteiger partial charge is 0.482 e. The lowest BCUT2D eigenvalue weighted by molar-refractivity contribution is -0.156. The minimum Gasteiger partial charge on any atom is -0.482 e. The third-order valence-corrected chi connectivity index (χ3v) is 3.20. The average Bonchev–Trinajstić information content (AvgIpc) is 3.29. The summed E-state index contributed by atoms with van der Waals surface area (Å²) in [7, 11) is 0. The number of Topliss-reactive ketones (excluding diaryl/α,β-unsaturated/α-hetero) is 1. The van der Waals surface area contributed by atoms with Gasteiger partial charge in [0.15, 0.2) is 18.5 Å². The number of esters is 1. The van der Waals surface area contributed by atoms with Crippen LogP contribution >= 0.6 is 0 Å². The summed E-state index contributed by atoms with van der Waals surface area (Å²) in [5.41, 5.74) is 0.503. The molecule has 1 N–H and O–H groups in total. The fraction of sp³-hybridized carbons (Fsp3) is 0.438. The Labute approximate surface area is 128 Å². The van der Waals surface area contributed by atoms with Gasteiger partial charge in [0.2, 0.25) is 0 Å². The van der Waals surface area contributed by atoms with Crippen LogP contribution in [0, 0.1) is 0 Å². The molecule has 0 spiro atoms. The molecule has 6 nitrogen and oxygen atoms in total. The maximum Gasteiger partial charge on any atom is 0.344 e. The summed E-state index contributed by atoms with van der Waals surface area (Å²) in [6, 6.07) is 6.75. The van der Waals surface area contributed by atoms with Crippen molar-refractivity contribution in [2.45, 2.75) is 38.8 Å². The van der Waals surface area contributed by atoms with Crippen LogP contribution in [0.4, 0.5) is 0 Å². The number of nitrogens with one attached hydrogen (secondary N) is 1. The van der Waals surface area contributed by atoms with Gasteiger partial charge in [-0.15, -0.1) is 0 Å². The quantitative estimate of drug-likeness (QED) is 0.609. The van der Waals surface area contributed by atoms with E-state index in [-0.39, 0.29) is 24.3 Å². The monoisotopic (exact) mass is 305 g/mol. The molecule has 1 fully saturated rings. The van der Waals surface area contributed by atoms with Crippen molar-refractivity contribution in [2.75, 3.05) is 6.61 Å². The first-order valence-electron chi connectivity index (χ1n) is 7.19. The highest BCUT2D eigenvalue weighted by Crippen LogP contribution is 2.19. The van der Waals surface area contributed by atoms with Crippen molar-refractivity contribution in [2.24, 2.45) is 0 Å². The van der Waals surface area contributed by atoms with Crippen LogP contribution < -0.4 is 10.1 Å². The Balaban J connectivity index is 1.78. The van der Waals surface area contributed by atoms with E-state index in [1.54, 1.807) is 24.3 Å². The van der Waals surface area contributed by atoms with Gasteiger partial charge < -0.3 is 14.8 Å². The fourth-order valence-corrected chi connectivity index (χ4v) is 1.78. The highest BCUT2D eigenvalue weighted by molar-refractivity contribution is 5.94. The summed E-state index contributed by atoms with van der Waals surface area (Å²) in [5.74, 6) is -0.612. The van der Waals surface area contributed by atoms with Gasteiger partial charge in [-0.2, -0.15) is 0 Å². The molecule has 1 amide bonds. The van der Waals surface area contributed by atoms with Gasteiger partial charge in [-0.25, -0.2) is 4.79 Å².